The van der Waals surface area contributed by atoms with Gasteiger partial charge < -0.3 is 19.7 Å². The zero-order valence-corrected chi connectivity index (χ0v) is 9.59. The molecule has 0 saturated carbocycles. The fraction of sp³-hybridized carbons (Fsp3) is 0.500. The van der Waals surface area contributed by atoms with E-state index in [4.69, 9.17) is 9.47 Å². The van der Waals surface area contributed by atoms with Gasteiger partial charge in [-0.3, -0.25) is 0 Å². The average molecular weight is 226 g/mol. The molecular formula is C12H18O4. The predicted molar refractivity (Wildman–Crippen MR) is 60.5 cm³/mol. The second-order valence-corrected chi connectivity index (χ2v) is 3.63. The number of benzene rings is 1. The van der Waals surface area contributed by atoms with E-state index in [2.05, 4.69) is 0 Å². The van der Waals surface area contributed by atoms with Gasteiger partial charge in [0.2, 0.25) is 0 Å². The molecule has 0 aliphatic heterocycles. The van der Waals surface area contributed by atoms with Crippen molar-refractivity contribution in [1.82, 2.24) is 0 Å². The maximum atomic E-state index is 9.51. The van der Waals surface area contributed by atoms with Crippen LogP contribution in [0.2, 0.25) is 0 Å². The van der Waals surface area contributed by atoms with Gasteiger partial charge >= 0.3 is 0 Å². The van der Waals surface area contributed by atoms with E-state index < -0.39 is 12.2 Å². The zero-order valence-electron chi connectivity index (χ0n) is 9.59. The number of hydrogen-bond donors (Lipinski definition) is 2. The van der Waals surface area contributed by atoms with Crippen LogP contribution in [0.15, 0.2) is 24.3 Å². The van der Waals surface area contributed by atoms with Gasteiger partial charge in [-0.15, -0.1) is 0 Å². The molecule has 0 fully saturated rings. The molecular weight excluding hydrogens is 208 g/mol. The molecule has 0 aliphatic rings. The van der Waals surface area contributed by atoms with Crippen molar-refractivity contribution in [3.63, 3.8) is 0 Å². The quantitative estimate of drug-likeness (QED) is 0.763. The van der Waals surface area contributed by atoms with Crippen LogP contribution in [0.25, 0.3) is 0 Å². The first-order valence-electron chi connectivity index (χ1n) is 5.22. The molecule has 1 aromatic carbocycles. The van der Waals surface area contributed by atoms with Crippen molar-refractivity contribution in [1.29, 1.82) is 0 Å². The van der Waals surface area contributed by atoms with Gasteiger partial charge in [0.15, 0.2) is 0 Å². The van der Waals surface area contributed by atoms with E-state index in [-0.39, 0.29) is 13.2 Å². The van der Waals surface area contributed by atoms with Crippen LogP contribution in [-0.4, -0.2) is 36.6 Å². The molecule has 1 rings (SSSR count). The molecule has 2 N–H and O–H groups in total. The second kappa shape index (κ2) is 6.48. The topological polar surface area (TPSA) is 58.9 Å². The van der Waals surface area contributed by atoms with Crippen LogP contribution in [0.3, 0.4) is 0 Å². The van der Waals surface area contributed by atoms with Gasteiger partial charge in [-0.05, 0) is 13.0 Å². The Labute approximate surface area is 95.4 Å². The highest BCUT2D eigenvalue weighted by molar-refractivity contribution is 5.34. The molecule has 1 unspecified atom stereocenters. The third-order valence-electron chi connectivity index (χ3n) is 2.16. The predicted octanol–water partition coefficient (Wildman–Crippen LogP) is 1.13. The molecule has 0 aliphatic carbocycles. The monoisotopic (exact) mass is 226 g/mol. The Kier molecular flexibility index (Phi) is 5.25. The molecule has 0 heterocycles. The summed E-state index contributed by atoms with van der Waals surface area (Å²) < 4.78 is 10.2. The third kappa shape index (κ3) is 3.81. The minimum absolute atomic E-state index is 0.150. The van der Waals surface area contributed by atoms with Gasteiger partial charge in [0.1, 0.15) is 18.5 Å². The summed E-state index contributed by atoms with van der Waals surface area (Å²) in [6.45, 7) is 2.06. The van der Waals surface area contributed by atoms with E-state index in [1.807, 2.05) is 12.1 Å². The van der Waals surface area contributed by atoms with Crippen LogP contribution in [0.5, 0.6) is 5.75 Å². The Bertz CT molecular complexity index is 312. The lowest BCUT2D eigenvalue weighted by Crippen LogP contribution is -2.23. The minimum atomic E-state index is -0.660. The number of ether oxygens (including phenoxy) is 2. The van der Waals surface area contributed by atoms with Crippen molar-refractivity contribution in [2.75, 3.05) is 20.3 Å². The Morgan fingerprint density at radius 2 is 1.88 bits per heavy atom. The third-order valence-corrected chi connectivity index (χ3v) is 2.16. The van der Waals surface area contributed by atoms with Crippen LogP contribution in [-0.2, 0) is 4.74 Å². The molecule has 0 radical (unpaired) electrons. The van der Waals surface area contributed by atoms with Crippen molar-refractivity contribution in [2.45, 2.75) is 19.1 Å². The normalized spacial score (nSPS) is 14.5. The van der Waals surface area contributed by atoms with Gasteiger partial charge in [0.05, 0.1) is 12.7 Å². The lowest BCUT2D eigenvalue weighted by molar-refractivity contribution is 0.0316. The van der Waals surface area contributed by atoms with Crippen molar-refractivity contribution in [3.8, 4) is 5.75 Å². The Morgan fingerprint density at radius 1 is 1.19 bits per heavy atom. The molecule has 1 aromatic rings. The molecule has 0 spiro atoms. The average Bonchev–Trinajstić information content (AvgIpc) is 2.27. The van der Waals surface area contributed by atoms with E-state index in [0.29, 0.717) is 11.3 Å². The fourth-order valence-electron chi connectivity index (χ4n) is 1.38. The molecule has 2 atom stereocenters. The fourth-order valence-corrected chi connectivity index (χ4v) is 1.38. The summed E-state index contributed by atoms with van der Waals surface area (Å²) in [5.41, 5.74) is 0.715. The van der Waals surface area contributed by atoms with Crippen molar-refractivity contribution < 1.29 is 19.7 Å². The van der Waals surface area contributed by atoms with Gasteiger partial charge in [-0.25, -0.2) is 0 Å². The molecule has 4 nitrogen and oxygen atoms in total. The minimum Gasteiger partial charge on any atom is -0.490 e. The first-order valence-corrected chi connectivity index (χ1v) is 5.22. The number of methoxy groups -OCH3 is 1. The summed E-state index contributed by atoms with van der Waals surface area (Å²) in [4.78, 5) is 0. The van der Waals surface area contributed by atoms with E-state index in [1.165, 1.54) is 7.11 Å². The van der Waals surface area contributed by atoms with E-state index in [9.17, 15) is 10.2 Å². The van der Waals surface area contributed by atoms with Crippen molar-refractivity contribution >= 4 is 0 Å². The molecule has 16 heavy (non-hydrogen) atoms. The summed E-state index contributed by atoms with van der Waals surface area (Å²) in [6, 6.07) is 7.22. The summed E-state index contributed by atoms with van der Waals surface area (Å²) >= 11 is 0. The van der Waals surface area contributed by atoms with Gasteiger partial charge in [0.25, 0.3) is 0 Å². The number of para-hydroxylation sites is 1. The van der Waals surface area contributed by atoms with Crippen LogP contribution in [0, 0.1) is 0 Å². The lowest BCUT2D eigenvalue weighted by atomic mass is 10.1. The number of rotatable bonds is 6. The van der Waals surface area contributed by atoms with Gasteiger partial charge in [-0.2, -0.15) is 0 Å². The number of aliphatic hydroxyl groups is 2. The molecule has 0 amide bonds. The lowest BCUT2D eigenvalue weighted by Gasteiger charge is -2.15. The molecule has 0 bridgehead atoms. The summed E-state index contributed by atoms with van der Waals surface area (Å²) in [6.07, 6.45) is -1.25. The summed E-state index contributed by atoms with van der Waals surface area (Å²) in [5, 5.41) is 18.9. The zero-order chi connectivity index (χ0) is 12.0. The summed E-state index contributed by atoms with van der Waals surface area (Å²) in [7, 11) is 1.52. The van der Waals surface area contributed by atoms with E-state index in [1.54, 1.807) is 19.1 Å². The van der Waals surface area contributed by atoms with Gasteiger partial charge in [-0.1, -0.05) is 18.2 Å². The SMILES string of the molecule is COCC(O)COc1ccccc1[C@@H](C)O. The number of hydrogen-bond acceptors (Lipinski definition) is 4. The first-order chi connectivity index (χ1) is 7.65. The molecule has 90 valence electrons. The Morgan fingerprint density at radius 3 is 2.50 bits per heavy atom. The van der Waals surface area contributed by atoms with Crippen molar-refractivity contribution in [2.24, 2.45) is 0 Å². The highest BCUT2D eigenvalue weighted by Gasteiger charge is 2.10. The molecule has 4 heteroatoms. The van der Waals surface area contributed by atoms with Crippen LogP contribution >= 0.6 is 0 Å². The Balaban J connectivity index is 2.59. The Hall–Kier alpha value is -1.10. The highest BCUT2D eigenvalue weighted by Crippen LogP contribution is 2.24. The van der Waals surface area contributed by atoms with Crippen LogP contribution < -0.4 is 4.74 Å². The van der Waals surface area contributed by atoms with E-state index >= 15 is 0 Å². The summed E-state index contributed by atoms with van der Waals surface area (Å²) in [5.74, 6) is 0.590. The van der Waals surface area contributed by atoms with Crippen LogP contribution in [0.1, 0.15) is 18.6 Å². The van der Waals surface area contributed by atoms with E-state index in [0.717, 1.165) is 0 Å². The van der Waals surface area contributed by atoms with Crippen LogP contribution in [0.4, 0.5) is 0 Å². The molecule has 0 saturated heterocycles. The van der Waals surface area contributed by atoms with Crippen molar-refractivity contribution in [3.05, 3.63) is 29.8 Å². The first kappa shape index (κ1) is 13.0. The maximum absolute atomic E-state index is 9.51. The number of aliphatic hydroxyl groups excluding tert-OH is 2. The molecule has 0 aromatic heterocycles. The largest absolute Gasteiger partial charge is 0.490 e. The second-order valence-electron chi connectivity index (χ2n) is 3.63. The van der Waals surface area contributed by atoms with Gasteiger partial charge in [0, 0.05) is 12.7 Å². The smallest absolute Gasteiger partial charge is 0.125 e. The standard InChI is InChI=1S/C12H18O4/c1-9(13)11-5-3-4-6-12(11)16-8-10(14)7-15-2/h3-6,9-10,13-14H,7-8H2,1-2H3/t9-,10?/m1/s1. The highest BCUT2D eigenvalue weighted by atomic mass is 16.5. The maximum Gasteiger partial charge on any atom is 0.125 e.